The fourth-order valence-electron chi connectivity index (χ4n) is 0.813. The molecule has 0 atom stereocenters. The summed E-state index contributed by atoms with van der Waals surface area (Å²) in [5, 5.41) is 0. The van der Waals surface area contributed by atoms with Crippen LogP contribution in [0.25, 0.3) is 0 Å². The van der Waals surface area contributed by atoms with Gasteiger partial charge in [-0.05, 0) is 18.2 Å². The molecule has 0 aliphatic carbocycles. The average Bonchev–Trinajstić information content (AvgIpc) is 2.14. The Kier molecular flexibility index (Phi) is 3.72. The van der Waals surface area contributed by atoms with Gasteiger partial charge in [-0.2, -0.15) is 0 Å². The van der Waals surface area contributed by atoms with Gasteiger partial charge in [0.25, 0.3) is 0 Å². The van der Waals surface area contributed by atoms with Gasteiger partial charge in [-0.25, -0.2) is 0 Å². The molecule has 1 aromatic carbocycles. The second-order valence-corrected chi connectivity index (χ2v) is 2.29. The molecule has 0 radical (unpaired) electrons. The monoisotopic (exact) mass is 160 g/mol. The molecule has 1 nitrogen and oxygen atoms in total. The summed E-state index contributed by atoms with van der Waals surface area (Å²) in [6.45, 7) is 4.16. The maximum absolute atomic E-state index is 5.37. The molecule has 1 rings (SSSR count). The fraction of sp³-hybridized carbons (Fsp3) is 0.0909. The first-order valence-corrected chi connectivity index (χ1v) is 3.89. The highest BCUT2D eigenvalue weighted by Gasteiger charge is 1.85. The van der Waals surface area contributed by atoms with Gasteiger partial charge < -0.3 is 4.74 Å². The van der Waals surface area contributed by atoms with E-state index in [4.69, 9.17) is 4.74 Å². The number of hydrogen-bond donors (Lipinski definition) is 0. The van der Waals surface area contributed by atoms with E-state index >= 15 is 0 Å². The van der Waals surface area contributed by atoms with Gasteiger partial charge in [0.1, 0.15) is 12.4 Å². The Hall–Kier alpha value is -1.50. The van der Waals surface area contributed by atoms with Crippen molar-refractivity contribution in [2.75, 3.05) is 6.61 Å². The third-order valence-electron chi connectivity index (χ3n) is 1.36. The van der Waals surface area contributed by atoms with Gasteiger partial charge in [-0.3, -0.25) is 0 Å². The Morgan fingerprint density at radius 3 is 2.67 bits per heavy atom. The lowest BCUT2D eigenvalue weighted by Gasteiger charge is -2.00. The first kappa shape index (κ1) is 8.60. The number of benzene rings is 1. The molecule has 62 valence electrons. The quantitative estimate of drug-likeness (QED) is 0.615. The zero-order valence-corrected chi connectivity index (χ0v) is 6.94. The Morgan fingerprint density at radius 2 is 2.00 bits per heavy atom. The van der Waals surface area contributed by atoms with Gasteiger partial charge in [0.05, 0.1) is 0 Å². The van der Waals surface area contributed by atoms with Crippen molar-refractivity contribution in [1.29, 1.82) is 0 Å². The van der Waals surface area contributed by atoms with Crippen LogP contribution in [-0.2, 0) is 0 Å². The number of ether oxygens (including phenoxy) is 1. The molecule has 0 aliphatic rings. The summed E-state index contributed by atoms with van der Waals surface area (Å²) in [7, 11) is 0. The van der Waals surface area contributed by atoms with Crippen LogP contribution in [0.2, 0.25) is 0 Å². The molecule has 0 unspecified atom stereocenters. The molecular formula is C11H12O. The fourth-order valence-corrected chi connectivity index (χ4v) is 0.813. The van der Waals surface area contributed by atoms with Crippen LogP contribution in [0, 0.1) is 0 Å². The van der Waals surface area contributed by atoms with Crippen molar-refractivity contribution in [2.24, 2.45) is 0 Å². The summed E-state index contributed by atoms with van der Waals surface area (Å²) in [6.07, 6.45) is 5.51. The van der Waals surface area contributed by atoms with E-state index in [1.54, 1.807) is 6.08 Å². The largest absolute Gasteiger partial charge is 0.490 e. The predicted molar refractivity (Wildman–Crippen MR) is 51.3 cm³/mol. The molecule has 0 aliphatic heterocycles. The second kappa shape index (κ2) is 5.19. The molecule has 0 N–H and O–H groups in total. The van der Waals surface area contributed by atoms with Crippen LogP contribution < -0.4 is 4.74 Å². The van der Waals surface area contributed by atoms with Crippen molar-refractivity contribution < 1.29 is 4.74 Å². The Bertz CT molecular complexity index is 249. The number of para-hydroxylation sites is 1. The van der Waals surface area contributed by atoms with Crippen LogP contribution in [0.3, 0.4) is 0 Å². The maximum Gasteiger partial charge on any atom is 0.119 e. The Morgan fingerprint density at radius 1 is 1.25 bits per heavy atom. The minimum atomic E-state index is 0.593. The summed E-state index contributed by atoms with van der Waals surface area (Å²) in [4.78, 5) is 0. The summed E-state index contributed by atoms with van der Waals surface area (Å²) >= 11 is 0. The van der Waals surface area contributed by atoms with Crippen LogP contribution in [0.5, 0.6) is 5.75 Å². The van der Waals surface area contributed by atoms with E-state index in [1.807, 2.05) is 42.5 Å². The minimum absolute atomic E-state index is 0.593. The average molecular weight is 160 g/mol. The van der Waals surface area contributed by atoms with Crippen LogP contribution in [0.1, 0.15) is 0 Å². The normalized spacial score (nSPS) is 10.0. The smallest absolute Gasteiger partial charge is 0.119 e. The zero-order valence-electron chi connectivity index (χ0n) is 6.94. The van der Waals surface area contributed by atoms with Gasteiger partial charge in [-0.1, -0.05) is 36.9 Å². The molecule has 0 aromatic heterocycles. The molecule has 0 heterocycles. The van der Waals surface area contributed by atoms with E-state index in [2.05, 4.69) is 6.58 Å². The van der Waals surface area contributed by atoms with E-state index < -0.39 is 0 Å². The molecule has 1 aromatic rings. The predicted octanol–water partition coefficient (Wildman–Crippen LogP) is 2.81. The van der Waals surface area contributed by atoms with E-state index in [0.717, 1.165) is 5.75 Å². The number of allylic oxidation sites excluding steroid dienone is 2. The summed E-state index contributed by atoms with van der Waals surface area (Å²) < 4.78 is 5.37. The number of hydrogen-bond acceptors (Lipinski definition) is 1. The summed E-state index contributed by atoms with van der Waals surface area (Å²) in [5.41, 5.74) is 0. The lowest BCUT2D eigenvalue weighted by atomic mass is 10.3. The zero-order chi connectivity index (χ0) is 8.65. The highest BCUT2D eigenvalue weighted by Crippen LogP contribution is 2.07. The van der Waals surface area contributed by atoms with Crippen molar-refractivity contribution in [2.45, 2.75) is 0 Å². The Balaban J connectivity index is 2.33. The van der Waals surface area contributed by atoms with Crippen molar-refractivity contribution in [3.63, 3.8) is 0 Å². The third kappa shape index (κ3) is 3.06. The van der Waals surface area contributed by atoms with Crippen LogP contribution in [0.4, 0.5) is 0 Å². The molecule has 12 heavy (non-hydrogen) atoms. The van der Waals surface area contributed by atoms with Gasteiger partial charge >= 0.3 is 0 Å². The van der Waals surface area contributed by atoms with Gasteiger partial charge in [-0.15, -0.1) is 0 Å². The van der Waals surface area contributed by atoms with Gasteiger partial charge in [0.2, 0.25) is 0 Å². The molecule has 0 amide bonds. The van der Waals surface area contributed by atoms with E-state index in [1.165, 1.54) is 0 Å². The lowest BCUT2D eigenvalue weighted by molar-refractivity contribution is 0.363. The lowest BCUT2D eigenvalue weighted by Crippen LogP contribution is -1.91. The van der Waals surface area contributed by atoms with Crippen molar-refractivity contribution in [3.8, 4) is 5.75 Å². The van der Waals surface area contributed by atoms with E-state index in [0.29, 0.717) is 6.61 Å². The van der Waals surface area contributed by atoms with Gasteiger partial charge in [0.15, 0.2) is 0 Å². The van der Waals surface area contributed by atoms with Crippen LogP contribution in [-0.4, -0.2) is 6.61 Å². The number of rotatable bonds is 4. The molecule has 0 fully saturated rings. The third-order valence-corrected chi connectivity index (χ3v) is 1.36. The second-order valence-electron chi connectivity index (χ2n) is 2.29. The van der Waals surface area contributed by atoms with E-state index in [9.17, 15) is 0 Å². The first-order chi connectivity index (χ1) is 5.93. The molecule has 0 saturated heterocycles. The molecular weight excluding hydrogens is 148 g/mol. The molecule has 0 bridgehead atoms. The van der Waals surface area contributed by atoms with E-state index in [-0.39, 0.29) is 0 Å². The Labute approximate surface area is 73.0 Å². The van der Waals surface area contributed by atoms with Crippen molar-refractivity contribution in [1.82, 2.24) is 0 Å². The summed E-state index contributed by atoms with van der Waals surface area (Å²) in [5.74, 6) is 0.895. The first-order valence-electron chi connectivity index (χ1n) is 3.89. The molecule has 0 saturated carbocycles. The summed E-state index contributed by atoms with van der Waals surface area (Å²) in [6, 6.07) is 9.73. The SMILES string of the molecule is C=C/C=C/COc1ccccc1. The molecule has 1 heteroatoms. The highest BCUT2D eigenvalue weighted by atomic mass is 16.5. The standard InChI is InChI=1S/C11H12O/c1-2-3-7-10-12-11-8-5-4-6-9-11/h2-9H,1,10H2/b7-3+. The van der Waals surface area contributed by atoms with Crippen molar-refractivity contribution in [3.05, 3.63) is 55.1 Å². The van der Waals surface area contributed by atoms with Crippen LogP contribution >= 0.6 is 0 Å². The van der Waals surface area contributed by atoms with Gasteiger partial charge in [0, 0.05) is 0 Å². The maximum atomic E-state index is 5.37. The van der Waals surface area contributed by atoms with Crippen molar-refractivity contribution >= 4 is 0 Å². The van der Waals surface area contributed by atoms with Crippen LogP contribution in [0.15, 0.2) is 55.1 Å². The minimum Gasteiger partial charge on any atom is -0.490 e. The molecule has 0 spiro atoms. The highest BCUT2D eigenvalue weighted by molar-refractivity contribution is 5.21. The topological polar surface area (TPSA) is 9.23 Å².